The van der Waals surface area contributed by atoms with E-state index in [4.69, 9.17) is 0 Å². The number of carbonyl (C=O) groups is 1. The summed E-state index contributed by atoms with van der Waals surface area (Å²) in [6.07, 6.45) is 6.87. The Morgan fingerprint density at radius 2 is 1.71 bits per heavy atom. The maximum atomic E-state index is 12.5. The number of hydrogen-bond acceptors (Lipinski definition) is 5. The van der Waals surface area contributed by atoms with Crippen LogP contribution < -0.4 is 10.9 Å². The van der Waals surface area contributed by atoms with Gasteiger partial charge in [-0.1, -0.05) is 45.4 Å². The van der Waals surface area contributed by atoms with Crippen molar-refractivity contribution in [3.8, 4) is 5.69 Å². The van der Waals surface area contributed by atoms with Gasteiger partial charge in [-0.3, -0.25) is 24.0 Å². The second-order valence-corrected chi connectivity index (χ2v) is 10.1. The van der Waals surface area contributed by atoms with Crippen molar-refractivity contribution >= 4 is 17.7 Å². The molecule has 1 aromatic carbocycles. The number of amides is 1. The number of likely N-dealkylation sites (N-methyl/N-ethyl adjacent to an activating group) is 1. The second kappa shape index (κ2) is 17.9. The van der Waals surface area contributed by atoms with Crippen molar-refractivity contribution < 1.29 is 4.79 Å². The Morgan fingerprint density at radius 1 is 1.02 bits per heavy atom. The number of benzene rings is 1. The van der Waals surface area contributed by atoms with Crippen LogP contribution >= 0.6 is 0 Å². The first-order valence-corrected chi connectivity index (χ1v) is 14.6. The minimum Gasteiger partial charge on any atom is -0.388 e. The van der Waals surface area contributed by atoms with Crippen molar-refractivity contribution in [2.24, 2.45) is 0 Å². The molecule has 0 saturated heterocycles. The molecule has 0 radical (unpaired) electrons. The van der Waals surface area contributed by atoms with Gasteiger partial charge in [0.25, 0.3) is 11.5 Å². The van der Waals surface area contributed by atoms with Crippen LogP contribution in [0.2, 0.25) is 0 Å². The van der Waals surface area contributed by atoms with Gasteiger partial charge >= 0.3 is 0 Å². The molecule has 0 aliphatic heterocycles. The molecule has 0 fully saturated rings. The molecule has 1 amide bonds. The highest BCUT2D eigenvalue weighted by molar-refractivity contribution is 5.94. The molecule has 41 heavy (non-hydrogen) atoms. The highest BCUT2D eigenvalue weighted by Gasteiger charge is 2.10. The summed E-state index contributed by atoms with van der Waals surface area (Å²) in [5, 5.41) is 3.00. The molecule has 0 atom stereocenters. The molecule has 3 rings (SSSR count). The molecule has 7 nitrogen and oxygen atoms in total. The average Bonchev–Trinajstić information content (AvgIpc) is 2.96. The molecule has 0 bridgehead atoms. The SMILES string of the molecule is CC.CCCN(CC)C/C(C)=C/c1c(-n2ccc(NC)cc2=O)ccnc1C.Cc1ccc(C(=O)N(C)C)cc1C. The summed E-state index contributed by atoms with van der Waals surface area (Å²) < 4.78 is 1.68. The highest BCUT2D eigenvalue weighted by Crippen LogP contribution is 2.20. The molecule has 0 aliphatic carbocycles. The molecule has 0 aliphatic rings. The number of pyridine rings is 2. The van der Waals surface area contributed by atoms with Crippen LogP contribution in [0.3, 0.4) is 0 Å². The van der Waals surface area contributed by atoms with Crippen LogP contribution in [-0.2, 0) is 0 Å². The van der Waals surface area contributed by atoms with Gasteiger partial charge in [0.1, 0.15) is 0 Å². The zero-order valence-electron chi connectivity index (χ0n) is 27.1. The van der Waals surface area contributed by atoms with Gasteiger partial charge in [-0.15, -0.1) is 0 Å². The molecular weight excluding hydrogens is 510 g/mol. The molecule has 0 saturated carbocycles. The summed E-state index contributed by atoms with van der Waals surface area (Å²) >= 11 is 0. The lowest BCUT2D eigenvalue weighted by Gasteiger charge is -2.20. The smallest absolute Gasteiger partial charge is 0.257 e. The van der Waals surface area contributed by atoms with E-state index < -0.39 is 0 Å². The Balaban J connectivity index is 0.000000469. The zero-order valence-corrected chi connectivity index (χ0v) is 27.1. The lowest BCUT2D eigenvalue weighted by Crippen LogP contribution is -2.26. The van der Waals surface area contributed by atoms with E-state index in [1.165, 1.54) is 11.1 Å². The van der Waals surface area contributed by atoms with E-state index >= 15 is 0 Å². The van der Waals surface area contributed by atoms with Gasteiger partial charge in [0.15, 0.2) is 0 Å². The molecular formula is C34H51N5O2. The standard InChI is InChI=1S/C21H30N4O.C11H15NO.C2H6/c1-6-11-24(7-2)15-16(3)13-19-17(4)23-10-8-20(19)25-12-9-18(22-5)14-21(25)26;1-8-5-6-10(7-9(8)2)11(13)12(3)4;1-2/h8-10,12-14,22H,6-7,11,15H2,1-5H3;5-7H,1-4H3;1-2H3/b16-13+;;. The second-order valence-electron chi connectivity index (χ2n) is 10.1. The van der Waals surface area contributed by atoms with Gasteiger partial charge in [0, 0.05) is 68.7 Å². The van der Waals surface area contributed by atoms with E-state index in [2.05, 4.69) is 42.0 Å². The predicted molar refractivity (Wildman–Crippen MR) is 175 cm³/mol. The van der Waals surface area contributed by atoms with Gasteiger partial charge < -0.3 is 10.2 Å². The van der Waals surface area contributed by atoms with Crippen molar-refractivity contribution in [2.45, 2.75) is 61.8 Å². The molecule has 2 heterocycles. The number of nitrogens with one attached hydrogen (secondary N) is 1. The van der Waals surface area contributed by atoms with Crippen LogP contribution in [0.5, 0.6) is 0 Å². The van der Waals surface area contributed by atoms with E-state index in [9.17, 15) is 9.59 Å². The summed E-state index contributed by atoms with van der Waals surface area (Å²) in [6, 6.07) is 11.2. The first kappa shape index (κ1) is 35.3. The number of hydrogen-bond donors (Lipinski definition) is 1. The summed E-state index contributed by atoms with van der Waals surface area (Å²) in [6.45, 7) is 19.6. The highest BCUT2D eigenvalue weighted by atomic mass is 16.2. The van der Waals surface area contributed by atoms with E-state index in [-0.39, 0.29) is 11.5 Å². The Hall–Kier alpha value is -3.71. The predicted octanol–water partition coefficient (Wildman–Crippen LogP) is 6.75. The number of nitrogens with zero attached hydrogens (tertiary/aromatic N) is 4. The lowest BCUT2D eigenvalue weighted by atomic mass is 10.1. The van der Waals surface area contributed by atoms with Crippen molar-refractivity contribution in [3.05, 3.63) is 92.7 Å². The van der Waals surface area contributed by atoms with Crippen LogP contribution in [0, 0.1) is 20.8 Å². The van der Waals surface area contributed by atoms with Crippen molar-refractivity contribution in [1.82, 2.24) is 19.4 Å². The molecule has 1 N–H and O–H groups in total. The number of aryl methyl sites for hydroxylation is 3. The monoisotopic (exact) mass is 561 g/mol. The average molecular weight is 562 g/mol. The third-order valence-corrected chi connectivity index (χ3v) is 6.64. The third kappa shape index (κ3) is 10.7. The Morgan fingerprint density at radius 3 is 2.24 bits per heavy atom. The van der Waals surface area contributed by atoms with Gasteiger partial charge in [-0.25, -0.2) is 0 Å². The van der Waals surface area contributed by atoms with Crippen LogP contribution in [0.15, 0.2) is 59.2 Å². The van der Waals surface area contributed by atoms with Crippen LogP contribution in [0.25, 0.3) is 11.8 Å². The summed E-state index contributed by atoms with van der Waals surface area (Å²) in [4.78, 5) is 32.5. The molecule has 0 unspecified atom stereocenters. The number of anilines is 1. The van der Waals surface area contributed by atoms with E-state index in [0.717, 1.165) is 59.8 Å². The largest absolute Gasteiger partial charge is 0.388 e. The quantitative estimate of drug-likeness (QED) is 0.313. The fourth-order valence-corrected chi connectivity index (χ4v) is 4.23. The molecule has 3 aromatic rings. The summed E-state index contributed by atoms with van der Waals surface area (Å²) in [7, 11) is 5.33. The molecule has 224 valence electrons. The van der Waals surface area contributed by atoms with E-state index in [1.54, 1.807) is 35.8 Å². The van der Waals surface area contributed by atoms with Crippen molar-refractivity contribution in [3.63, 3.8) is 0 Å². The fraction of sp³-hybridized carbons (Fsp3) is 0.441. The van der Waals surface area contributed by atoms with E-state index in [1.807, 2.05) is 78.2 Å². The van der Waals surface area contributed by atoms with Crippen molar-refractivity contribution in [2.75, 3.05) is 46.1 Å². The Kier molecular flexibility index (Phi) is 15.4. The number of carbonyl (C=O) groups excluding carboxylic acids is 1. The first-order valence-electron chi connectivity index (χ1n) is 14.6. The zero-order chi connectivity index (χ0) is 31.1. The number of rotatable bonds is 9. The van der Waals surface area contributed by atoms with Gasteiger partial charge in [0.2, 0.25) is 0 Å². The lowest BCUT2D eigenvalue weighted by molar-refractivity contribution is 0.0827. The normalized spacial score (nSPS) is 10.8. The van der Waals surface area contributed by atoms with Gasteiger partial charge in [-0.2, -0.15) is 0 Å². The van der Waals surface area contributed by atoms with Crippen LogP contribution in [0.4, 0.5) is 5.69 Å². The van der Waals surface area contributed by atoms with Crippen molar-refractivity contribution in [1.29, 1.82) is 0 Å². The van der Waals surface area contributed by atoms with Gasteiger partial charge in [-0.05, 0) is 82.6 Å². The Bertz CT molecular complexity index is 1340. The molecule has 2 aromatic heterocycles. The Labute approximate surface area is 247 Å². The maximum Gasteiger partial charge on any atom is 0.257 e. The minimum absolute atomic E-state index is 0.0584. The van der Waals surface area contributed by atoms with Crippen LogP contribution in [0.1, 0.15) is 73.8 Å². The first-order chi connectivity index (χ1) is 19.5. The number of aromatic nitrogens is 2. The maximum absolute atomic E-state index is 12.5. The summed E-state index contributed by atoms with van der Waals surface area (Å²) in [5.74, 6) is 0.0584. The van der Waals surface area contributed by atoms with Crippen LogP contribution in [-0.4, -0.2) is 66.0 Å². The minimum atomic E-state index is -0.0593. The fourth-order valence-electron chi connectivity index (χ4n) is 4.23. The summed E-state index contributed by atoms with van der Waals surface area (Å²) in [5.41, 5.74) is 7.93. The van der Waals surface area contributed by atoms with E-state index in [0.29, 0.717) is 0 Å². The third-order valence-electron chi connectivity index (χ3n) is 6.64. The molecule has 0 spiro atoms. The topological polar surface area (TPSA) is 70.5 Å². The van der Waals surface area contributed by atoms with Gasteiger partial charge in [0.05, 0.1) is 5.69 Å². The molecule has 7 heteroatoms.